The Morgan fingerprint density at radius 1 is 1.14 bits per heavy atom. The third-order valence-electron chi connectivity index (χ3n) is 7.00. The molecule has 0 radical (unpaired) electrons. The molecular formula is C31H28FN7O3. The van der Waals surface area contributed by atoms with E-state index in [1.807, 2.05) is 16.7 Å². The minimum Gasteiger partial charge on any atom is -0.421 e. The van der Waals surface area contributed by atoms with Gasteiger partial charge in [0.2, 0.25) is 0 Å². The smallest absolute Gasteiger partial charge is 0.322 e. The number of nitrogens with two attached hydrogens (primary N) is 1. The van der Waals surface area contributed by atoms with Crippen molar-refractivity contribution in [3.8, 4) is 34.1 Å². The van der Waals surface area contributed by atoms with Gasteiger partial charge in [-0.05, 0) is 68.1 Å². The van der Waals surface area contributed by atoms with Crippen LogP contribution in [0.1, 0.15) is 31.7 Å². The lowest BCUT2D eigenvalue weighted by Crippen LogP contribution is -2.12. The van der Waals surface area contributed by atoms with Gasteiger partial charge in [0, 0.05) is 35.3 Å². The second-order valence-corrected chi connectivity index (χ2v) is 10.1. The summed E-state index contributed by atoms with van der Waals surface area (Å²) in [4.78, 5) is 29.3. The van der Waals surface area contributed by atoms with Crippen molar-refractivity contribution in [3.63, 3.8) is 0 Å². The first-order valence-corrected chi connectivity index (χ1v) is 13.4. The van der Waals surface area contributed by atoms with E-state index in [1.165, 1.54) is 18.5 Å². The van der Waals surface area contributed by atoms with Crippen LogP contribution < -0.4 is 15.8 Å². The lowest BCUT2D eigenvalue weighted by Gasteiger charge is -2.18. The summed E-state index contributed by atoms with van der Waals surface area (Å²) >= 11 is 0. The summed E-state index contributed by atoms with van der Waals surface area (Å²) in [5.74, 6) is -0.633. The van der Waals surface area contributed by atoms with Crippen LogP contribution in [0, 0.1) is 12.7 Å². The van der Waals surface area contributed by atoms with Crippen molar-refractivity contribution in [2.45, 2.75) is 32.9 Å². The number of nitrogens with one attached hydrogen (secondary N) is 1. The molecule has 11 heteroatoms. The molecule has 6 rings (SSSR count). The molecule has 42 heavy (non-hydrogen) atoms. The summed E-state index contributed by atoms with van der Waals surface area (Å²) in [6, 6.07) is 13.8. The monoisotopic (exact) mass is 565 g/mol. The number of hydrogen-bond donors (Lipinski definition) is 2. The van der Waals surface area contributed by atoms with Gasteiger partial charge in [-0.1, -0.05) is 24.8 Å². The molecule has 3 aromatic heterocycles. The summed E-state index contributed by atoms with van der Waals surface area (Å²) in [7, 11) is 0. The van der Waals surface area contributed by atoms with E-state index in [2.05, 4.69) is 31.8 Å². The van der Waals surface area contributed by atoms with E-state index in [4.69, 9.17) is 15.2 Å². The molecule has 0 bridgehead atoms. The highest BCUT2D eigenvalue weighted by Crippen LogP contribution is 2.46. The molecule has 2 aromatic carbocycles. The number of amides is 1. The van der Waals surface area contributed by atoms with E-state index < -0.39 is 5.82 Å². The van der Waals surface area contributed by atoms with E-state index in [-0.39, 0.29) is 29.7 Å². The zero-order valence-corrected chi connectivity index (χ0v) is 23.1. The average molecular weight is 566 g/mol. The number of ether oxygens (including phenoxy) is 2. The zero-order valence-electron chi connectivity index (χ0n) is 23.1. The molecule has 1 aliphatic heterocycles. The fourth-order valence-electron chi connectivity index (χ4n) is 5.03. The first-order valence-electron chi connectivity index (χ1n) is 13.4. The molecule has 1 aliphatic rings. The molecule has 4 heterocycles. The first kappa shape index (κ1) is 27.0. The number of anilines is 2. The zero-order chi connectivity index (χ0) is 29.4. The number of carbonyl (C=O) groups is 1. The molecule has 1 fully saturated rings. The van der Waals surface area contributed by atoms with Crippen molar-refractivity contribution < 1.29 is 18.7 Å². The summed E-state index contributed by atoms with van der Waals surface area (Å²) in [5, 5.41) is 3.40. The highest BCUT2D eigenvalue weighted by atomic mass is 19.1. The predicted molar refractivity (Wildman–Crippen MR) is 157 cm³/mol. The topological polar surface area (TPSA) is 130 Å². The minimum atomic E-state index is -0.602. The highest BCUT2D eigenvalue weighted by molar-refractivity contribution is 6.08. The molecule has 0 spiro atoms. The Morgan fingerprint density at radius 3 is 2.62 bits per heavy atom. The van der Waals surface area contributed by atoms with Gasteiger partial charge in [-0.2, -0.15) is 0 Å². The molecule has 1 amide bonds. The lowest BCUT2D eigenvalue weighted by molar-refractivity contribution is -0.112. The summed E-state index contributed by atoms with van der Waals surface area (Å²) in [6.45, 7) is 7.74. The van der Waals surface area contributed by atoms with Crippen LogP contribution in [0.15, 0.2) is 73.2 Å². The van der Waals surface area contributed by atoms with Crippen molar-refractivity contribution in [2.24, 2.45) is 0 Å². The SMILES string of the molecule is C=C(C)C(=O)Nc1ccc(-c2c(-c3ccc(Oc4nccc(C)n4)c(F)c3)c3c(N)ncnc3n2C2CCCO2)cc1. The van der Waals surface area contributed by atoms with Crippen LogP contribution in [0.3, 0.4) is 0 Å². The standard InChI is InChI=1S/C31H28FN7O3/c1-17(2)30(40)38-21-9-6-19(7-10-21)27-25(26-28(33)35-16-36-29(26)39(27)24-5-4-14-41-24)20-8-11-23(22(32)15-20)42-31-34-13-12-18(3)37-31/h6-13,15-16,24H,1,4-5,14H2,2-3H3,(H,38,40)(H2,33,35,36). The van der Waals surface area contributed by atoms with Gasteiger partial charge in [-0.25, -0.2) is 24.3 Å². The lowest BCUT2D eigenvalue weighted by atomic mass is 9.98. The molecule has 212 valence electrons. The van der Waals surface area contributed by atoms with Crippen LogP contribution >= 0.6 is 0 Å². The van der Waals surface area contributed by atoms with Crippen LogP contribution in [0.2, 0.25) is 0 Å². The quantitative estimate of drug-likeness (QED) is 0.223. The minimum absolute atomic E-state index is 0.0180. The Morgan fingerprint density at radius 2 is 1.93 bits per heavy atom. The van der Waals surface area contributed by atoms with Gasteiger partial charge < -0.3 is 20.5 Å². The van der Waals surface area contributed by atoms with Crippen LogP contribution in [-0.2, 0) is 9.53 Å². The van der Waals surface area contributed by atoms with Crippen LogP contribution in [0.25, 0.3) is 33.4 Å². The van der Waals surface area contributed by atoms with Gasteiger partial charge in [0.1, 0.15) is 24.0 Å². The Bertz CT molecular complexity index is 1830. The number of hydrogen-bond acceptors (Lipinski definition) is 8. The molecule has 1 saturated heterocycles. The number of benzene rings is 2. The Balaban J connectivity index is 1.52. The maximum absolute atomic E-state index is 15.6. The van der Waals surface area contributed by atoms with Crippen LogP contribution in [0.4, 0.5) is 15.9 Å². The van der Waals surface area contributed by atoms with Crippen molar-refractivity contribution in [3.05, 3.63) is 84.7 Å². The van der Waals surface area contributed by atoms with E-state index in [9.17, 15) is 4.79 Å². The van der Waals surface area contributed by atoms with Crippen molar-refractivity contribution in [1.82, 2.24) is 24.5 Å². The number of halogens is 1. The number of nitrogens with zero attached hydrogens (tertiary/aromatic N) is 5. The molecule has 3 N–H and O–H groups in total. The molecule has 1 unspecified atom stereocenters. The predicted octanol–water partition coefficient (Wildman–Crippen LogP) is 6.20. The maximum atomic E-state index is 15.6. The van der Waals surface area contributed by atoms with E-state index >= 15 is 4.39 Å². The largest absolute Gasteiger partial charge is 0.421 e. The fourth-order valence-corrected chi connectivity index (χ4v) is 5.03. The van der Waals surface area contributed by atoms with Gasteiger partial charge >= 0.3 is 6.01 Å². The molecular weight excluding hydrogens is 537 g/mol. The van der Waals surface area contributed by atoms with Gasteiger partial charge in [0.05, 0.1) is 11.1 Å². The number of carbonyl (C=O) groups excluding carboxylic acids is 1. The van der Waals surface area contributed by atoms with Crippen molar-refractivity contribution in [1.29, 1.82) is 0 Å². The van der Waals surface area contributed by atoms with Gasteiger partial charge in [0.15, 0.2) is 11.6 Å². The Hall–Kier alpha value is -5.16. The maximum Gasteiger partial charge on any atom is 0.322 e. The Kier molecular flexibility index (Phi) is 7.09. The number of aryl methyl sites for hydroxylation is 1. The van der Waals surface area contributed by atoms with Gasteiger partial charge in [-0.15, -0.1) is 0 Å². The Labute approximate surface area is 241 Å². The molecule has 0 aliphatic carbocycles. The summed E-state index contributed by atoms with van der Waals surface area (Å²) in [5.41, 5.74) is 11.5. The van der Waals surface area contributed by atoms with E-state index in [1.54, 1.807) is 44.3 Å². The highest BCUT2D eigenvalue weighted by Gasteiger charge is 2.30. The second-order valence-electron chi connectivity index (χ2n) is 10.1. The molecule has 0 saturated carbocycles. The fraction of sp³-hybridized carbons (Fsp3) is 0.194. The van der Waals surface area contributed by atoms with Crippen molar-refractivity contribution >= 4 is 28.4 Å². The number of aromatic nitrogens is 5. The summed E-state index contributed by atoms with van der Waals surface area (Å²) in [6.07, 6.45) is 4.30. The second kappa shape index (κ2) is 11.0. The number of fused-ring (bicyclic) bond motifs is 1. The normalized spacial score (nSPS) is 14.7. The molecule has 10 nitrogen and oxygen atoms in total. The van der Waals surface area contributed by atoms with E-state index in [0.717, 1.165) is 24.1 Å². The third kappa shape index (κ3) is 5.06. The van der Waals surface area contributed by atoms with Crippen LogP contribution in [0.5, 0.6) is 11.8 Å². The number of nitrogen functional groups attached to an aromatic ring is 1. The molecule has 1 atom stereocenters. The van der Waals surface area contributed by atoms with Gasteiger partial charge in [-0.3, -0.25) is 9.36 Å². The van der Waals surface area contributed by atoms with Gasteiger partial charge in [0.25, 0.3) is 5.91 Å². The van der Waals surface area contributed by atoms with Crippen molar-refractivity contribution in [2.75, 3.05) is 17.7 Å². The third-order valence-corrected chi connectivity index (χ3v) is 7.00. The van der Waals surface area contributed by atoms with Crippen LogP contribution in [-0.4, -0.2) is 37.0 Å². The molecule has 5 aromatic rings. The van der Waals surface area contributed by atoms with E-state index in [0.29, 0.717) is 45.7 Å². The average Bonchev–Trinajstić information content (AvgIpc) is 3.61. The summed E-state index contributed by atoms with van der Waals surface area (Å²) < 4.78 is 29.3. The number of rotatable bonds is 7. The first-order chi connectivity index (χ1) is 20.3.